The molecular formula is C19H15ClN4O4S. The van der Waals surface area contributed by atoms with Crippen molar-refractivity contribution in [2.75, 3.05) is 17.7 Å². The molecule has 0 atom stereocenters. The van der Waals surface area contributed by atoms with Crippen LogP contribution in [0.25, 0.3) is 0 Å². The van der Waals surface area contributed by atoms with Crippen LogP contribution < -0.4 is 10.6 Å². The van der Waals surface area contributed by atoms with Gasteiger partial charge in [0.05, 0.1) is 24.0 Å². The first-order valence-corrected chi connectivity index (χ1v) is 9.04. The van der Waals surface area contributed by atoms with Crippen LogP contribution in [0, 0.1) is 0 Å². The van der Waals surface area contributed by atoms with Crippen LogP contribution in [0.3, 0.4) is 0 Å². The van der Waals surface area contributed by atoms with E-state index in [1.54, 1.807) is 42.5 Å². The van der Waals surface area contributed by atoms with E-state index >= 15 is 0 Å². The van der Waals surface area contributed by atoms with Gasteiger partial charge in [0.2, 0.25) is 0 Å². The average Bonchev–Trinajstić information content (AvgIpc) is 3.19. The molecule has 0 saturated heterocycles. The topological polar surface area (TPSA) is 113 Å². The molecule has 0 radical (unpaired) electrons. The molecule has 0 aliphatic rings. The number of benzene rings is 2. The van der Waals surface area contributed by atoms with Crippen molar-refractivity contribution in [2.24, 2.45) is 0 Å². The molecule has 0 fully saturated rings. The Labute approximate surface area is 176 Å². The minimum absolute atomic E-state index is 0.0435. The maximum absolute atomic E-state index is 12.3. The van der Waals surface area contributed by atoms with Gasteiger partial charge >= 0.3 is 5.97 Å². The summed E-state index contributed by atoms with van der Waals surface area (Å²) in [5.74, 6) is -1.66. The molecular weight excluding hydrogens is 416 g/mol. The number of imidazole rings is 1. The van der Waals surface area contributed by atoms with Gasteiger partial charge in [0.1, 0.15) is 0 Å². The number of amides is 2. The molecule has 0 unspecified atom stereocenters. The number of aromatic amines is 1. The summed E-state index contributed by atoms with van der Waals surface area (Å²) < 4.78 is 4.60. The molecule has 29 heavy (non-hydrogen) atoms. The summed E-state index contributed by atoms with van der Waals surface area (Å²) in [6.07, 6.45) is 1.23. The molecule has 1 heterocycles. The van der Waals surface area contributed by atoms with Crippen LogP contribution in [-0.2, 0) is 4.74 Å². The summed E-state index contributed by atoms with van der Waals surface area (Å²) in [6, 6.07) is 11.2. The lowest BCUT2D eigenvalue weighted by Gasteiger charge is -2.09. The number of carbonyl (C=O) groups is 3. The zero-order chi connectivity index (χ0) is 21.0. The van der Waals surface area contributed by atoms with Crippen LogP contribution in [0.15, 0.2) is 53.7 Å². The summed E-state index contributed by atoms with van der Waals surface area (Å²) in [4.78, 5) is 43.4. The van der Waals surface area contributed by atoms with Gasteiger partial charge in [-0.15, -0.1) is 12.6 Å². The van der Waals surface area contributed by atoms with Gasteiger partial charge in [0.25, 0.3) is 11.8 Å². The number of rotatable bonds is 5. The highest BCUT2D eigenvalue weighted by molar-refractivity contribution is 7.80. The first-order chi connectivity index (χ1) is 13.9. The van der Waals surface area contributed by atoms with Gasteiger partial charge in [0.15, 0.2) is 11.4 Å². The molecule has 1 aromatic heterocycles. The second-order valence-electron chi connectivity index (χ2n) is 5.77. The summed E-state index contributed by atoms with van der Waals surface area (Å²) in [7, 11) is 1.21. The second-order valence-corrected chi connectivity index (χ2v) is 6.69. The zero-order valence-electron chi connectivity index (χ0n) is 15.0. The van der Waals surface area contributed by atoms with Crippen LogP contribution in [-0.4, -0.2) is 34.9 Å². The first-order valence-electron chi connectivity index (χ1n) is 8.22. The van der Waals surface area contributed by atoms with E-state index in [1.807, 2.05) is 0 Å². The van der Waals surface area contributed by atoms with E-state index in [0.29, 0.717) is 26.9 Å². The summed E-state index contributed by atoms with van der Waals surface area (Å²) in [5, 5.41) is 5.63. The Morgan fingerprint density at radius 2 is 1.66 bits per heavy atom. The van der Waals surface area contributed by atoms with Crippen LogP contribution in [0.2, 0.25) is 5.02 Å². The van der Waals surface area contributed by atoms with Gasteiger partial charge in [-0.3, -0.25) is 9.59 Å². The van der Waals surface area contributed by atoms with E-state index in [9.17, 15) is 14.4 Å². The quantitative estimate of drug-likeness (QED) is 0.364. The van der Waals surface area contributed by atoms with Crippen LogP contribution >= 0.6 is 24.2 Å². The first kappa shape index (κ1) is 20.4. The molecule has 3 aromatic rings. The van der Waals surface area contributed by atoms with Crippen molar-refractivity contribution in [3.63, 3.8) is 0 Å². The van der Waals surface area contributed by atoms with E-state index in [1.165, 1.54) is 13.4 Å². The largest absolute Gasteiger partial charge is 0.464 e. The van der Waals surface area contributed by atoms with Gasteiger partial charge in [-0.2, -0.15) is 0 Å². The predicted octanol–water partition coefficient (Wildman–Crippen LogP) is 3.64. The molecule has 0 spiro atoms. The molecule has 8 nitrogen and oxygen atoms in total. The predicted molar refractivity (Wildman–Crippen MR) is 111 cm³/mol. The number of thiol groups is 1. The van der Waals surface area contributed by atoms with Crippen molar-refractivity contribution in [1.82, 2.24) is 9.97 Å². The summed E-state index contributed by atoms with van der Waals surface area (Å²) >= 11 is 10.2. The number of methoxy groups -OCH3 is 1. The van der Waals surface area contributed by atoms with Crippen LogP contribution in [0.5, 0.6) is 0 Å². The lowest BCUT2D eigenvalue weighted by molar-refractivity contribution is 0.0591. The Bertz CT molecular complexity index is 1080. The standard InChI is InChI=1S/C19H15ClN4O4S/c1-28-19(27)16-15(21-9-22-16)18(26)24-11-4-2-10(3-5-11)23-17(25)13-7-6-12(29)8-14(13)20/h2-9,29H,1H3,(H,21,22)(H,23,25)(H,24,26). The normalized spacial score (nSPS) is 10.3. The third-order valence-electron chi connectivity index (χ3n) is 3.84. The molecule has 2 amide bonds. The van der Waals surface area contributed by atoms with Gasteiger partial charge in [-0.1, -0.05) is 11.6 Å². The number of halogens is 1. The third-order valence-corrected chi connectivity index (χ3v) is 4.43. The number of hydrogen-bond donors (Lipinski definition) is 4. The number of nitrogens with one attached hydrogen (secondary N) is 3. The minimum Gasteiger partial charge on any atom is -0.464 e. The van der Waals surface area contributed by atoms with Crippen molar-refractivity contribution in [3.05, 3.63) is 70.8 Å². The molecule has 0 saturated carbocycles. The van der Waals surface area contributed by atoms with Crippen molar-refractivity contribution >= 4 is 53.4 Å². The zero-order valence-corrected chi connectivity index (χ0v) is 16.7. The molecule has 10 heteroatoms. The Balaban J connectivity index is 1.67. The van der Waals surface area contributed by atoms with Crippen molar-refractivity contribution in [2.45, 2.75) is 4.90 Å². The number of nitrogens with zero attached hydrogens (tertiary/aromatic N) is 1. The van der Waals surface area contributed by atoms with Gasteiger partial charge in [-0.05, 0) is 42.5 Å². The molecule has 0 aliphatic heterocycles. The number of esters is 1. The van der Waals surface area contributed by atoms with E-state index in [-0.39, 0.29) is 17.3 Å². The van der Waals surface area contributed by atoms with Crippen molar-refractivity contribution < 1.29 is 19.1 Å². The summed E-state index contributed by atoms with van der Waals surface area (Å²) in [5.41, 5.74) is 1.14. The lowest BCUT2D eigenvalue weighted by atomic mass is 10.2. The van der Waals surface area contributed by atoms with Crippen molar-refractivity contribution in [1.29, 1.82) is 0 Å². The smallest absolute Gasteiger partial charge is 0.356 e. The van der Waals surface area contributed by atoms with Crippen LogP contribution in [0.1, 0.15) is 31.3 Å². The number of carbonyl (C=O) groups excluding carboxylic acids is 3. The molecule has 0 aliphatic carbocycles. The highest BCUT2D eigenvalue weighted by Gasteiger charge is 2.21. The van der Waals surface area contributed by atoms with Crippen LogP contribution in [0.4, 0.5) is 11.4 Å². The summed E-state index contributed by atoms with van der Waals surface area (Å²) in [6.45, 7) is 0. The van der Waals surface area contributed by atoms with E-state index < -0.39 is 11.9 Å². The van der Waals surface area contributed by atoms with Gasteiger partial charge in [0, 0.05) is 16.3 Å². The highest BCUT2D eigenvalue weighted by atomic mass is 35.5. The maximum Gasteiger partial charge on any atom is 0.356 e. The Morgan fingerprint density at radius 1 is 1.03 bits per heavy atom. The Kier molecular flexibility index (Phi) is 6.20. The number of ether oxygens (including phenoxy) is 1. The fourth-order valence-corrected chi connectivity index (χ4v) is 2.98. The number of H-pyrrole nitrogens is 1. The third kappa shape index (κ3) is 4.76. The van der Waals surface area contributed by atoms with E-state index in [0.717, 1.165) is 0 Å². The molecule has 0 bridgehead atoms. The molecule has 3 rings (SSSR count). The minimum atomic E-state index is -0.699. The fraction of sp³-hybridized carbons (Fsp3) is 0.0526. The molecule has 3 N–H and O–H groups in total. The van der Waals surface area contributed by atoms with E-state index in [2.05, 4.69) is 38.0 Å². The number of aromatic nitrogens is 2. The van der Waals surface area contributed by atoms with Gasteiger partial charge < -0.3 is 20.4 Å². The monoisotopic (exact) mass is 430 g/mol. The molecule has 148 valence electrons. The lowest BCUT2D eigenvalue weighted by Crippen LogP contribution is -2.17. The Hall–Kier alpha value is -3.30. The molecule has 2 aromatic carbocycles. The fourth-order valence-electron chi connectivity index (χ4n) is 2.44. The van der Waals surface area contributed by atoms with Crippen molar-refractivity contribution in [3.8, 4) is 0 Å². The van der Waals surface area contributed by atoms with E-state index in [4.69, 9.17) is 11.6 Å². The highest BCUT2D eigenvalue weighted by Crippen LogP contribution is 2.22. The number of anilines is 2. The van der Waals surface area contributed by atoms with Gasteiger partial charge in [-0.25, -0.2) is 9.78 Å². The number of hydrogen-bond acceptors (Lipinski definition) is 6. The Morgan fingerprint density at radius 3 is 2.24 bits per heavy atom. The maximum atomic E-state index is 12.3. The SMILES string of the molecule is COC(=O)c1[nH]cnc1C(=O)Nc1ccc(NC(=O)c2ccc(S)cc2Cl)cc1. The average molecular weight is 431 g/mol. The second kappa shape index (κ2) is 8.80.